The Labute approximate surface area is 145 Å². The van der Waals surface area contributed by atoms with Gasteiger partial charge in [-0.3, -0.25) is 0 Å². The topological polar surface area (TPSA) is 17.8 Å². The molecule has 3 rings (SSSR count). The van der Waals surface area contributed by atoms with Gasteiger partial charge in [-0.2, -0.15) is 0 Å². The van der Waals surface area contributed by atoms with E-state index in [0.29, 0.717) is 28.0 Å². The van der Waals surface area contributed by atoms with Crippen LogP contribution in [0.4, 0.5) is 4.39 Å². The molecule has 1 aromatic heterocycles. The van der Waals surface area contributed by atoms with Crippen LogP contribution in [0.5, 0.6) is 0 Å². The summed E-state index contributed by atoms with van der Waals surface area (Å²) in [6.07, 6.45) is 3.45. The number of hydrogen-bond acceptors (Lipinski definition) is 1. The summed E-state index contributed by atoms with van der Waals surface area (Å²) in [5, 5.41) is 0.995. The third-order valence-electron chi connectivity index (χ3n) is 3.23. The van der Waals surface area contributed by atoms with E-state index in [1.807, 2.05) is 16.7 Å². The van der Waals surface area contributed by atoms with E-state index in [4.69, 9.17) is 23.2 Å². The molecular formula is C16H10BrCl2FN2. The van der Waals surface area contributed by atoms with Crippen molar-refractivity contribution >= 4 is 39.1 Å². The molecule has 2 aromatic carbocycles. The van der Waals surface area contributed by atoms with Gasteiger partial charge >= 0.3 is 0 Å². The van der Waals surface area contributed by atoms with Gasteiger partial charge < -0.3 is 4.57 Å². The zero-order chi connectivity index (χ0) is 15.7. The molecular weight excluding hydrogens is 390 g/mol. The van der Waals surface area contributed by atoms with Crippen molar-refractivity contribution in [3.05, 3.63) is 74.7 Å². The van der Waals surface area contributed by atoms with Crippen molar-refractivity contribution in [3.8, 4) is 11.4 Å². The molecule has 0 aliphatic rings. The molecule has 1 heterocycles. The summed E-state index contributed by atoms with van der Waals surface area (Å²) in [4.78, 5) is 4.34. The van der Waals surface area contributed by atoms with Crippen LogP contribution in [0.2, 0.25) is 10.0 Å². The lowest BCUT2D eigenvalue weighted by atomic mass is 10.2. The van der Waals surface area contributed by atoms with E-state index >= 15 is 0 Å². The Hall–Kier alpha value is -1.36. The van der Waals surface area contributed by atoms with Gasteiger partial charge in [0.2, 0.25) is 0 Å². The number of aromatic nitrogens is 2. The predicted molar refractivity (Wildman–Crippen MR) is 90.9 cm³/mol. The van der Waals surface area contributed by atoms with Crippen molar-refractivity contribution in [3.63, 3.8) is 0 Å². The van der Waals surface area contributed by atoms with Crippen molar-refractivity contribution in [2.45, 2.75) is 6.54 Å². The highest BCUT2D eigenvalue weighted by atomic mass is 79.9. The first-order valence-corrected chi connectivity index (χ1v) is 8.00. The fourth-order valence-corrected chi connectivity index (χ4v) is 3.32. The molecule has 22 heavy (non-hydrogen) atoms. The maximum absolute atomic E-state index is 14.0. The quantitative estimate of drug-likeness (QED) is 0.543. The highest BCUT2D eigenvalue weighted by Crippen LogP contribution is 2.28. The maximum atomic E-state index is 14.0. The first-order chi connectivity index (χ1) is 10.5. The highest BCUT2D eigenvalue weighted by molar-refractivity contribution is 9.10. The van der Waals surface area contributed by atoms with Gasteiger partial charge in [0, 0.05) is 38.0 Å². The predicted octanol–water partition coefficient (Wildman–Crippen LogP) is 5.81. The smallest absolute Gasteiger partial charge is 0.140 e. The number of rotatable bonds is 3. The van der Waals surface area contributed by atoms with Crippen LogP contribution in [0.1, 0.15) is 5.56 Å². The van der Waals surface area contributed by atoms with E-state index < -0.39 is 0 Å². The minimum atomic E-state index is -0.334. The van der Waals surface area contributed by atoms with Crippen molar-refractivity contribution in [1.29, 1.82) is 0 Å². The Morgan fingerprint density at radius 2 is 2.00 bits per heavy atom. The molecule has 112 valence electrons. The molecule has 0 saturated carbocycles. The Bertz CT molecular complexity index is 792. The Morgan fingerprint density at radius 3 is 2.73 bits per heavy atom. The van der Waals surface area contributed by atoms with E-state index in [2.05, 4.69) is 20.9 Å². The second-order valence-corrected chi connectivity index (χ2v) is 6.50. The number of imidazole rings is 1. The van der Waals surface area contributed by atoms with Crippen LogP contribution in [-0.2, 0) is 6.54 Å². The third-order valence-corrected chi connectivity index (χ3v) is 4.26. The minimum absolute atomic E-state index is 0.297. The first kappa shape index (κ1) is 15.5. The summed E-state index contributed by atoms with van der Waals surface area (Å²) in [5.41, 5.74) is 1.28. The molecule has 2 nitrogen and oxygen atoms in total. The molecule has 0 saturated heterocycles. The molecule has 0 N–H and O–H groups in total. The van der Waals surface area contributed by atoms with Gasteiger partial charge in [-0.15, -0.1) is 0 Å². The van der Waals surface area contributed by atoms with E-state index in [1.54, 1.807) is 30.6 Å². The van der Waals surface area contributed by atoms with Crippen molar-refractivity contribution in [2.24, 2.45) is 0 Å². The lowest BCUT2D eigenvalue weighted by Gasteiger charge is -2.11. The zero-order valence-electron chi connectivity index (χ0n) is 11.2. The van der Waals surface area contributed by atoms with Crippen LogP contribution in [0.25, 0.3) is 11.4 Å². The highest BCUT2D eigenvalue weighted by Gasteiger charge is 2.12. The summed E-state index contributed by atoms with van der Waals surface area (Å²) >= 11 is 15.6. The van der Waals surface area contributed by atoms with Gasteiger partial charge in [0.1, 0.15) is 11.6 Å². The third kappa shape index (κ3) is 3.19. The van der Waals surface area contributed by atoms with Gasteiger partial charge in [-0.05, 0) is 30.3 Å². The van der Waals surface area contributed by atoms with Gasteiger partial charge in [0.25, 0.3) is 0 Å². The molecule has 0 amide bonds. The monoisotopic (exact) mass is 398 g/mol. The normalized spacial score (nSPS) is 10.9. The largest absolute Gasteiger partial charge is 0.326 e. The van der Waals surface area contributed by atoms with E-state index in [1.165, 1.54) is 6.07 Å². The fourth-order valence-electron chi connectivity index (χ4n) is 2.23. The van der Waals surface area contributed by atoms with Crippen LogP contribution < -0.4 is 0 Å². The zero-order valence-corrected chi connectivity index (χ0v) is 14.3. The van der Waals surface area contributed by atoms with Crippen LogP contribution in [0.15, 0.2) is 53.3 Å². The molecule has 0 aliphatic heterocycles. The summed E-state index contributed by atoms with van der Waals surface area (Å²) in [7, 11) is 0. The Morgan fingerprint density at radius 1 is 1.18 bits per heavy atom. The molecule has 0 atom stereocenters. The molecule has 0 spiro atoms. The second-order valence-electron chi connectivity index (χ2n) is 4.74. The number of hydrogen-bond donors (Lipinski definition) is 0. The summed E-state index contributed by atoms with van der Waals surface area (Å²) in [6.45, 7) is 0.297. The van der Waals surface area contributed by atoms with Crippen LogP contribution in [0, 0.1) is 5.82 Å². The standard InChI is InChI=1S/C16H10BrCl2FN2/c17-11-6-10(7-12(18)8-11)16-21-4-5-22(16)9-13-14(19)2-1-3-15(13)20/h1-8H,9H2. The molecule has 0 unspecified atom stereocenters. The van der Waals surface area contributed by atoms with E-state index in [9.17, 15) is 4.39 Å². The van der Waals surface area contributed by atoms with E-state index in [-0.39, 0.29) is 5.82 Å². The lowest BCUT2D eigenvalue weighted by molar-refractivity contribution is 0.600. The number of benzene rings is 2. The molecule has 6 heteroatoms. The maximum Gasteiger partial charge on any atom is 0.140 e. The minimum Gasteiger partial charge on any atom is -0.326 e. The van der Waals surface area contributed by atoms with Crippen LogP contribution >= 0.6 is 39.1 Å². The molecule has 0 fully saturated rings. The Kier molecular flexibility index (Phi) is 4.52. The second kappa shape index (κ2) is 6.41. The van der Waals surface area contributed by atoms with Gasteiger partial charge in [0.15, 0.2) is 0 Å². The first-order valence-electron chi connectivity index (χ1n) is 6.45. The number of nitrogens with zero attached hydrogens (tertiary/aromatic N) is 2. The molecule has 0 bridgehead atoms. The summed E-state index contributed by atoms with van der Waals surface area (Å²) in [5.74, 6) is 0.363. The van der Waals surface area contributed by atoms with Gasteiger partial charge in [-0.1, -0.05) is 45.2 Å². The van der Waals surface area contributed by atoms with Crippen LogP contribution in [-0.4, -0.2) is 9.55 Å². The number of halogens is 4. The Balaban J connectivity index is 2.02. The van der Waals surface area contributed by atoms with Crippen molar-refractivity contribution in [1.82, 2.24) is 9.55 Å². The molecule has 3 aromatic rings. The average Bonchev–Trinajstić information content (AvgIpc) is 2.90. The SMILES string of the molecule is Fc1cccc(Cl)c1Cn1ccnc1-c1cc(Cl)cc(Br)c1. The summed E-state index contributed by atoms with van der Waals surface area (Å²) < 4.78 is 16.6. The average molecular weight is 400 g/mol. The van der Waals surface area contributed by atoms with Crippen molar-refractivity contribution in [2.75, 3.05) is 0 Å². The fraction of sp³-hybridized carbons (Fsp3) is 0.0625. The lowest BCUT2D eigenvalue weighted by Crippen LogP contribution is -2.04. The molecule has 0 radical (unpaired) electrons. The van der Waals surface area contributed by atoms with Gasteiger partial charge in [-0.25, -0.2) is 9.37 Å². The van der Waals surface area contributed by atoms with Crippen LogP contribution in [0.3, 0.4) is 0 Å². The van der Waals surface area contributed by atoms with Gasteiger partial charge in [0.05, 0.1) is 6.54 Å². The van der Waals surface area contributed by atoms with Crippen molar-refractivity contribution < 1.29 is 4.39 Å². The summed E-state index contributed by atoms with van der Waals surface area (Å²) in [6, 6.07) is 10.2. The molecule has 0 aliphatic carbocycles. The van der Waals surface area contributed by atoms with E-state index in [0.717, 1.165) is 10.0 Å².